The molecule has 2 saturated heterocycles. The van der Waals surface area contributed by atoms with Crippen molar-refractivity contribution in [3.05, 3.63) is 69.8 Å². The minimum Gasteiger partial charge on any atom is -0.444 e. The number of rotatable bonds is 4. The minimum absolute atomic E-state index is 0.0684. The fraction of sp³-hybridized carbons (Fsp3) is 0.652. The molecule has 2 radical (unpaired) electrons. The van der Waals surface area contributed by atoms with Crippen molar-refractivity contribution in [1.29, 1.82) is 10.5 Å². The molecule has 2 N–H and O–H groups in total. The molecule has 5 atom stereocenters. The van der Waals surface area contributed by atoms with Crippen molar-refractivity contribution in [3.8, 4) is 12.1 Å². The van der Waals surface area contributed by atoms with E-state index >= 15 is 0 Å². The number of nitriles is 2. The van der Waals surface area contributed by atoms with E-state index in [2.05, 4.69) is 29.1 Å². The van der Waals surface area contributed by atoms with E-state index in [1.54, 1.807) is 9.80 Å². The van der Waals surface area contributed by atoms with Gasteiger partial charge in [0, 0.05) is 26.2 Å². The highest BCUT2D eigenvalue weighted by Gasteiger charge is 2.51. The molecule has 2 amide bonds. The number of amides is 2. The van der Waals surface area contributed by atoms with Crippen LogP contribution in [0.4, 0.5) is 9.59 Å². The molecule has 0 aromatic heterocycles. The first kappa shape index (κ1) is 51.3. The number of hydrogen-bond donors (Lipinski definition) is 2. The van der Waals surface area contributed by atoms with Crippen LogP contribution in [0.25, 0.3) is 0 Å². The van der Waals surface area contributed by atoms with Crippen LogP contribution in [0.5, 0.6) is 0 Å². The van der Waals surface area contributed by atoms with Crippen LogP contribution in [-0.2, 0) is 44.3 Å². The molecule has 0 bridgehead atoms. The lowest BCUT2D eigenvalue weighted by Gasteiger charge is -2.44. The lowest BCUT2D eigenvalue weighted by Crippen LogP contribution is -2.49. The zero-order valence-electron chi connectivity index (χ0n) is 38.9. The average Bonchev–Trinajstić information content (AvgIpc) is 3.63. The van der Waals surface area contributed by atoms with Crippen molar-refractivity contribution in [2.75, 3.05) is 26.2 Å². The van der Waals surface area contributed by atoms with Gasteiger partial charge in [-0.25, -0.2) is 27.5 Å². The summed E-state index contributed by atoms with van der Waals surface area (Å²) in [5.41, 5.74) is 4.53. The standard InChI is InChI=1S/2C23H33N3O3S.BH2P/c2*1-21(2,3)29-20(27)26-11-9-23(10-12-26)14-17-13-16(15-24)7-8-18(17)19(23)25-30(28)22(4,5)6;1-2/h2*7-8,13,19,25H,9-12,14H2,1-6H3;2H2/t2*19-,30-;/m11./s1. The Hall–Kier alpha value is -3.33. The van der Waals surface area contributed by atoms with E-state index in [1.165, 1.54) is 0 Å². The molecule has 338 valence electrons. The maximum Gasteiger partial charge on any atom is 0.410 e. The second kappa shape index (κ2) is 19.8. The number of nitrogens with one attached hydrogen (secondary N) is 2. The van der Waals surface area contributed by atoms with Gasteiger partial charge in [0.25, 0.3) is 0 Å². The van der Waals surface area contributed by atoms with Gasteiger partial charge in [-0.2, -0.15) is 19.6 Å². The average molecular weight is 907 g/mol. The monoisotopic (exact) mass is 906 g/mol. The fourth-order valence-electron chi connectivity index (χ4n) is 8.64. The summed E-state index contributed by atoms with van der Waals surface area (Å²) in [6, 6.07) is 15.9. The van der Waals surface area contributed by atoms with Gasteiger partial charge in [-0.1, -0.05) is 12.1 Å². The first-order chi connectivity index (χ1) is 28.7. The van der Waals surface area contributed by atoms with Crippen molar-refractivity contribution < 1.29 is 27.5 Å². The van der Waals surface area contributed by atoms with Crippen LogP contribution in [0.3, 0.4) is 0 Å². The molecule has 4 aliphatic rings. The highest BCUT2D eigenvalue weighted by Crippen LogP contribution is 2.54. The zero-order chi connectivity index (χ0) is 46.6. The Kier molecular flexibility index (Phi) is 16.4. The fourth-order valence-corrected chi connectivity index (χ4v) is 10.5. The number of piperidine rings is 2. The van der Waals surface area contributed by atoms with Gasteiger partial charge in [0.15, 0.2) is 0 Å². The van der Waals surface area contributed by atoms with E-state index in [4.69, 9.17) is 9.47 Å². The van der Waals surface area contributed by atoms with E-state index in [-0.39, 0.29) is 44.6 Å². The van der Waals surface area contributed by atoms with Crippen LogP contribution in [0.1, 0.15) is 154 Å². The number of ether oxygens (including phenoxy) is 2. The molecule has 2 aromatic rings. The Bertz CT molecular complexity index is 1930. The number of likely N-dealkylation sites (tertiary alicyclic amines) is 2. The van der Waals surface area contributed by atoms with Gasteiger partial charge in [0.2, 0.25) is 0 Å². The number of fused-ring (bicyclic) bond motifs is 2. The summed E-state index contributed by atoms with van der Waals surface area (Å²) in [6.45, 7) is 25.4. The predicted octanol–water partition coefficient (Wildman–Crippen LogP) is 8.39. The molecule has 2 aliphatic heterocycles. The summed E-state index contributed by atoms with van der Waals surface area (Å²) in [5, 5.41) is 18.6. The molecular formula is C46H68BN6O6PS2. The van der Waals surface area contributed by atoms with E-state index in [0.717, 1.165) is 60.8 Å². The normalized spacial score (nSPS) is 21.1. The van der Waals surface area contributed by atoms with Crippen molar-refractivity contribution in [3.63, 3.8) is 0 Å². The lowest BCUT2D eigenvalue weighted by molar-refractivity contribution is 0.00625. The lowest BCUT2D eigenvalue weighted by atomic mass is 9.73. The number of carbonyl (C=O) groups is 2. The predicted molar refractivity (Wildman–Crippen MR) is 252 cm³/mol. The molecule has 2 aliphatic carbocycles. The third-order valence-electron chi connectivity index (χ3n) is 11.9. The molecule has 2 fully saturated rings. The number of hydrogen-bond acceptors (Lipinski definition) is 8. The third-order valence-corrected chi connectivity index (χ3v) is 15.0. The summed E-state index contributed by atoms with van der Waals surface area (Å²) in [4.78, 5) is 28.6. The largest absolute Gasteiger partial charge is 0.444 e. The van der Waals surface area contributed by atoms with E-state index in [9.17, 15) is 28.5 Å². The molecule has 6 rings (SSSR count). The molecule has 2 aromatic carbocycles. The third kappa shape index (κ3) is 12.5. The SMILES string of the molecule is CC(C)(C)OC(=O)N1CCC2(CC1)Cc1cc(C#N)ccc1[C@H]2N[S@](=O)C(C)(C)C.CC(C)(C)OC(=O)N1CCC2(CC1)Cc1cc(C#N)ccc1[C@H]2N[S@](=O)C(C)(C)C.[B]P. The van der Waals surface area contributed by atoms with Crippen LogP contribution in [0.15, 0.2) is 36.4 Å². The zero-order valence-corrected chi connectivity index (χ0v) is 41.7. The Morgan fingerprint density at radius 1 is 0.645 bits per heavy atom. The summed E-state index contributed by atoms with van der Waals surface area (Å²) < 4.78 is 43.1. The Morgan fingerprint density at radius 2 is 0.952 bits per heavy atom. The van der Waals surface area contributed by atoms with Crippen LogP contribution >= 0.6 is 9.12 Å². The van der Waals surface area contributed by atoms with Crippen molar-refractivity contribution in [2.24, 2.45) is 10.8 Å². The number of carbonyl (C=O) groups excluding carboxylic acids is 2. The van der Waals surface area contributed by atoms with Crippen LogP contribution in [0, 0.1) is 33.5 Å². The van der Waals surface area contributed by atoms with Gasteiger partial charge in [0.05, 0.1) is 74.4 Å². The molecule has 62 heavy (non-hydrogen) atoms. The summed E-state index contributed by atoms with van der Waals surface area (Å²) in [7, 11) is 3.89. The Balaban J connectivity index is 0.000000262. The van der Waals surface area contributed by atoms with Gasteiger partial charge in [-0.15, -0.1) is 0 Å². The first-order valence-corrected chi connectivity index (χ1v) is 24.4. The minimum atomic E-state index is -1.22. The van der Waals surface area contributed by atoms with Gasteiger partial charge in [-0.05, 0) is 179 Å². The summed E-state index contributed by atoms with van der Waals surface area (Å²) in [5.74, 6) is 0. The highest BCUT2D eigenvalue weighted by atomic mass is 32.2. The van der Waals surface area contributed by atoms with Gasteiger partial charge < -0.3 is 19.3 Å². The second-order valence-electron chi connectivity index (χ2n) is 20.9. The highest BCUT2D eigenvalue weighted by molar-refractivity contribution is 7.84. The van der Waals surface area contributed by atoms with Crippen molar-refractivity contribution in [1.82, 2.24) is 19.2 Å². The maximum absolute atomic E-state index is 13.0. The number of nitrogens with zero attached hydrogens (tertiary/aromatic N) is 4. The van der Waals surface area contributed by atoms with Crippen LogP contribution in [0.2, 0.25) is 0 Å². The van der Waals surface area contributed by atoms with Crippen LogP contribution < -0.4 is 9.44 Å². The molecule has 12 nitrogen and oxygen atoms in total. The summed E-state index contributed by atoms with van der Waals surface area (Å²) in [6.07, 6.45) is 4.26. The maximum atomic E-state index is 13.0. The quantitative estimate of drug-likeness (QED) is 0.228. The topological polar surface area (TPSA) is 165 Å². The van der Waals surface area contributed by atoms with Gasteiger partial charge >= 0.3 is 12.2 Å². The van der Waals surface area contributed by atoms with E-state index in [1.807, 2.05) is 129 Å². The Morgan fingerprint density at radius 3 is 1.21 bits per heavy atom. The van der Waals surface area contributed by atoms with Crippen molar-refractivity contribution in [2.45, 2.75) is 154 Å². The van der Waals surface area contributed by atoms with Crippen LogP contribution in [-0.4, -0.2) is 84.8 Å². The molecule has 0 saturated carbocycles. The molecule has 1 unspecified atom stereocenters. The molecule has 2 heterocycles. The van der Waals surface area contributed by atoms with Crippen molar-refractivity contribution >= 4 is 50.8 Å². The molecule has 2 spiro atoms. The second-order valence-corrected chi connectivity index (χ2v) is 24.9. The number of benzene rings is 2. The Labute approximate surface area is 379 Å². The summed E-state index contributed by atoms with van der Waals surface area (Å²) >= 11 is 0. The molecule has 16 heteroatoms. The van der Waals surface area contributed by atoms with E-state index < -0.39 is 33.2 Å². The molecular weight excluding hydrogens is 838 g/mol. The first-order valence-electron chi connectivity index (χ1n) is 21.4. The smallest absolute Gasteiger partial charge is 0.410 e. The van der Waals surface area contributed by atoms with Gasteiger partial charge in [-0.3, -0.25) is 0 Å². The van der Waals surface area contributed by atoms with E-state index in [0.29, 0.717) is 37.3 Å². The van der Waals surface area contributed by atoms with Gasteiger partial charge in [0.1, 0.15) is 11.2 Å².